The number of likely N-dealkylation sites (N-methyl/N-ethyl adjacent to an activating group) is 1. The minimum absolute atomic E-state index is 0.0383. The highest BCUT2D eigenvalue weighted by atomic mass is 16.5. The van der Waals surface area contributed by atoms with Gasteiger partial charge in [0.15, 0.2) is 0 Å². The molecule has 0 bridgehead atoms. The van der Waals surface area contributed by atoms with E-state index >= 15 is 0 Å². The zero-order valence-corrected chi connectivity index (χ0v) is 22.1. The zero-order valence-electron chi connectivity index (χ0n) is 22.1. The lowest BCUT2D eigenvalue weighted by molar-refractivity contribution is -0.189. The first-order valence-electron chi connectivity index (χ1n) is 12.9. The van der Waals surface area contributed by atoms with Gasteiger partial charge in [0.25, 0.3) is 0 Å². The van der Waals surface area contributed by atoms with Gasteiger partial charge in [0, 0.05) is 13.6 Å². The van der Waals surface area contributed by atoms with Crippen molar-refractivity contribution in [3.8, 4) is 5.75 Å². The molecule has 0 aromatic heterocycles. The Balaban J connectivity index is 1.60. The molecule has 2 fully saturated rings. The van der Waals surface area contributed by atoms with Gasteiger partial charge in [-0.05, 0) is 36.6 Å². The van der Waals surface area contributed by atoms with E-state index in [9.17, 15) is 14.4 Å². The SMILES string of the molecule is CCCCC1C(=O)N(C(C)c2ccccc2)CC2N1C(=O)CN(C)N2C(=O)NCc1ccc(OC)cc1. The predicted molar refractivity (Wildman–Crippen MR) is 140 cm³/mol. The number of nitrogens with one attached hydrogen (secondary N) is 1. The van der Waals surface area contributed by atoms with E-state index in [0.717, 1.165) is 29.7 Å². The van der Waals surface area contributed by atoms with Crippen LogP contribution >= 0.6 is 0 Å². The first-order valence-corrected chi connectivity index (χ1v) is 12.9. The van der Waals surface area contributed by atoms with Crippen molar-refractivity contribution in [1.29, 1.82) is 0 Å². The summed E-state index contributed by atoms with van der Waals surface area (Å²) in [5.41, 5.74) is 1.95. The molecule has 0 aliphatic carbocycles. The van der Waals surface area contributed by atoms with Gasteiger partial charge < -0.3 is 19.9 Å². The van der Waals surface area contributed by atoms with Crippen molar-refractivity contribution < 1.29 is 19.1 Å². The zero-order chi connectivity index (χ0) is 26.5. The van der Waals surface area contributed by atoms with Crippen molar-refractivity contribution in [3.63, 3.8) is 0 Å². The van der Waals surface area contributed by atoms with Crippen LogP contribution in [0.5, 0.6) is 5.75 Å². The number of carbonyl (C=O) groups is 3. The minimum Gasteiger partial charge on any atom is -0.497 e. The Kier molecular flexibility index (Phi) is 8.33. The molecule has 9 heteroatoms. The second-order valence-electron chi connectivity index (χ2n) is 9.68. The number of hydrogen-bond acceptors (Lipinski definition) is 5. The van der Waals surface area contributed by atoms with Crippen LogP contribution in [-0.2, 0) is 16.1 Å². The molecule has 2 saturated heterocycles. The van der Waals surface area contributed by atoms with Gasteiger partial charge in [-0.2, -0.15) is 0 Å². The summed E-state index contributed by atoms with van der Waals surface area (Å²) in [6, 6.07) is 16.3. The van der Waals surface area contributed by atoms with Crippen LogP contribution in [0.3, 0.4) is 0 Å². The van der Waals surface area contributed by atoms with Gasteiger partial charge in [0.05, 0.1) is 26.2 Å². The van der Waals surface area contributed by atoms with Crippen molar-refractivity contribution in [2.75, 3.05) is 27.2 Å². The molecule has 1 N–H and O–H groups in total. The van der Waals surface area contributed by atoms with E-state index in [0.29, 0.717) is 13.0 Å². The lowest BCUT2D eigenvalue weighted by atomic mass is 9.98. The molecular weight excluding hydrogens is 470 g/mol. The van der Waals surface area contributed by atoms with Crippen molar-refractivity contribution in [2.24, 2.45) is 0 Å². The molecule has 9 nitrogen and oxygen atoms in total. The number of nitrogens with zero attached hydrogens (tertiary/aromatic N) is 4. The molecule has 37 heavy (non-hydrogen) atoms. The maximum Gasteiger partial charge on any atom is 0.334 e. The first kappa shape index (κ1) is 26.5. The summed E-state index contributed by atoms with van der Waals surface area (Å²) in [6.45, 7) is 4.68. The van der Waals surface area contributed by atoms with Gasteiger partial charge in [-0.1, -0.05) is 62.2 Å². The van der Waals surface area contributed by atoms with Crippen LogP contribution in [0.25, 0.3) is 0 Å². The van der Waals surface area contributed by atoms with Crippen LogP contribution in [0.4, 0.5) is 4.79 Å². The summed E-state index contributed by atoms with van der Waals surface area (Å²) < 4.78 is 5.21. The molecule has 198 valence electrons. The van der Waals surface area contributed by atoms with Crippen LogP contribution < -0.4 is 10.1 Å². The van der Waals surface area contributed by atoms with Gasteiger partial charge in [-0.15, -0.1) is 0 Å². The highest BCUT2D eigenvalue weighted by Gasteiger charge is 2.51. The maximum absolute atomic E-state index is 13.8. The number of hydrazine groups is 1. The summed E-state index contributed by atoms with van der Waals surface area (Å²) in [7, 11) is 3.35. The molecule has 4 amide bonds. The number of methoxy groups -OCH3 is 1. The lowest BCUT2D eigenvalue weighted by Crippen LogP contribution is -2.76. The minimum atomic E-state index is -0.594. The fraction of sp³-hybridized carbons (Fsp3) is 0.464. The van der Waals surface area contributed by atoms with Crippen LogP contribution in [0.2, 0.25) is 0 Å². The Bertz CT molecular complexity index is 1090. The summed E-state index contributed by atoms with van der Waals surface area (Å²) >= 11 is 0. The smallest absolute Gasteiger partial charge is 0.334 e. The number of benzene rings is 2. The van der Waals surface area contributed by atoms with Crippen molar-refractivity contribution in [3.05, 3.63) is 65.7 Å². The normalized spacial score (nSPS) is 21.0. The second kappa shape index (κ2) is 11.6. The van der Waals surface area contributed by atoms with Gasteiger partial charge in [0.1, 0.15) is 18.0 Å². The molecule has 2 aromatic rings. The Morgan fingerprint density at radius 1 is 1.11 bits per heavy atom. The maximum atomic E-state index is 13.8. The third kappa shape index (κ3) is 5.56. The number of piperazine rings is 1. The standard InChI is InChI=1S/C28H37N5O4/c1-5-6-12-24-27(35)31(20(2)22-10-8-7-9-11-22)18-25-32(24)26(34)19-30(3)33(25)28(36)29-17-21-13-15-23(37-4)16-14-21/h7-11,13-16,20,24-25H,5-6,12,17-19H2,1-4H3,(H,29,36). The van der Waals surface area contributed by atoms with E-state index in [2.05, 4.69) is 12.2 Å². The van der Waals surface area contributed by atoms with Crippen LogP contribution in [0.15, 0.2) is 54.6 Å². The summed E-state index contributed by atoms with van der Waals surface area (Å²) in [5, 5.41) is 6.25. The van der Waals surface area contributed by atoms with Gasteiger partial charge in [-0.3, -0.25) is 9.59 Å². The van der Waals surface area contributed by atoms with Crippen LogP contribution in [0.1, 0.15) is 50.3 Å². The predicted octanol–water partition coefficient (Wildman–Crippen LogP) is 3.38. The molecule has 4 rings (SSSR count). The average Bonchev–Trinajstić information content (AvgIpc) is 2.91. The number of unbranched alkanes of at least 4 members (excludes halogenated alkanes) is 1. The Morgan fingerprint density at radius 3 is 2.46 bits per heavy atom. The Labute approximate surface area is 218 Å². The molecule has 3 unspecified atom stereocenters. The molecule has 2 aliphatic heterocycles. The van der Waals surface area contributed by atoms with E-state index in [1.165, 1.54) is 0 Å². The van der Waals surface area contributed by atoms with Gasteiger partial charge >= 0.3 is 6.03 Å². The van der Waals surface area contributed by atoms with E-state index in [4.69, 9.17) is 4.74 Å². The highest BCUT2D eigenvalue weighted by Crippen LogP contribution is 2.32. The van der Waals surface area contributed by atoms with Crippen molar-refractivity contribution >= 4 is 17.8 Å². The fourth-order valence-electron chi connectivity index (χ4n) is 5.20. The van der Waals surface area contributed by atoms with Crippen molar-refractivity contribution in [1.82, 2.24) is 25.1 Å². The monoisotopic (exact) mass is 507 g/mol. The van der Waals surface area contributed by atoms with E-state index < -0.39 is 12.2 Å². The molecular formula is C28H37N5O4. The largest absolute Gasteiger partial charge is 0.497 e. The third-order valence-electron chi connectivity index (χ3n) is 7.28. The van der Waals surface area contributed by atoms with Crippen LogP contribution in [-0.4, -0.2) is 77.1 Å². The third-order valence-corrected chi connectivity index (χ3v) is 7.28. The van der Waals surface area contributed by atoms with Gasteiger partial charge in [-0.25, -0.2) is 14.8 Å². The lowest BCUT2D eigenvalue weighted by Gasteiger charge is -2.55. The first-order chi connectivity index (χ1) is 17.8. The molecule has 3 atom stereocenters. The summed E-state index contributed by atoms with van der Waals surface area (Å²) in [4.78, 5) is 44.0. The molecule has 2 aliphatic rings. The molecule has 2 heterocycles. The summed E-state index contributed by atoms with van der Waals surface area (Å²) in [6.07, 6.45) is 1.71. The van der Waals surface area contributed by atoms with Gasteiger partial charge in [0.2, 0.25) is 11.8 Å². The average molecular weight is 508 g/mol. The molecule has 2 aromatic carbocycles. The number of amides is 4. The second-order valence-corrected chi connectivity index (χ2v) is 9.68. The number of carbonyl (C=O) groups excluding carboxylic acids is 3. The Morgan fingerprint density at radius 2 is 1.81 bits per heavy atom. The number of fused-ring (bicyclic) bond motifs is 1. The van der Waals surface area contributed by atoms with E-state index in [-0.39, 0.29) is 37.0 Å². The number of urea groups is 1. The quantitative estimate of drug-likeness (QED) is 0.592. The highest BCUT2D eigenvalue weighted by molar-refractivity contribution is 5.91. The molecule has 0 saturated carbocycles. The number of rotatable bonds is 8. The van der Waals surface area contributed by atoms with Crippen molar-refractivity contribution in [2.45, 2.75) is 57.9 Å². The topological polar surface area (TPSA) is 85.4 Å². The molecule has 0 radical (unpaired) electrons. The summed E-state index contributed by atoms with van der Waals surface area (Å²) in [5.74, 6) is 0.559. The fourth-order valence-corrected chi connectivity index (χ4v) is 5.20. The Hall–Kier alpha value is -3.59. The number of hydrogen-bond donors (Lipinski definition) is 1. The number of ether oxygens (including phenoxy) is 1. The van der Waals surface area contributed by atoms with E-state index in [1.54, 1.807) is 29.1 Å². The molecule has 0 spiro atoms. The van der Waals surface area contributed by atoms with E-state index in [1.807, 2.05) is 66.4 Å². The van der Waals surface area contributed by atoms with Crippen LogP contribution in [0, 0.1) is 0 Å².